The second-order valence-electron chi connectivity index (χ2n) is 9.32. The summed E-state index contributed by atoms with van der Waals surface area (Å²) in [6.45, 7) is -0.0538. The monoisotopic (exact) mass is 603 g/mol. The van der Waals surface area contributed by atoms with E-state index < -0.39 is 58.1 Å². The number of rotatable bonds is 14. The van der Waals surface area contributed by atoms with Crippen LogP contribution in [0.3, 0.4) is 0 Å². The Morgan fingerprint density at radius 2 is 1.77 bits per heavy atom. The maximum atomic E-state index is 15.0. The largest absolute Gasteiger partial charge is 0.481 e. The number of carbonyl (C=O) groups excluding carboxylic acids is 1. The first kappa shape index (κ1) is 31.9. The Kier molecular flexibility index (Phi) is 10.3. The van der Waals surface area contributed by atoms with E-state index in [-0.39, 0.29) is 60.9 Å². The number of hydrogen-bond donors (Lipinski definition) is 6. The third-order valence-electron chi connectivity index (χ3n) is 6.34. The fourth-order valence-electron chi connectivity index (χ4n) is 4.17. The topological polar surface area (TPSA) is 248 Å². The number of anilines is 3. The Bertz CT molecular complexity index is 1600. The smallest absolute Gasteiger partial charge is 0.326 e. The molecule has 0 aliphatic heterocycles. The molecule has 1 heterocycles. The van der Waals surface area contributed by atoms with Gasteiger partial charge in [-0.05, 0) is 43.0 Å². The molecule has 0 spiro atoms. The molecule has 0 fully saturated rings. The quantitative estimate of drug-likeness (QED) is 0.114. The lowest BCUT2D eigenvalue weighted by Crippen LogP contribution is -2.41. The van der Waals surface area contributed by atoms with Crippen LogP contribution in [0.1, 0.15) is 40.7 Å². The number of nitro benzene ring substituents is 1. The molecule has 8 N–H and O–H groups in total. The minimum Gasteiger partial charge on any atom is -0.481 e. The van der Waals surface area contributed by atoms with E-state index in [2.05, 4.69) is 15.3 Å². The highest BCUT2D eigenvalue weighted by Gasteiger charge is 2.25. The van der Waals surface area contributed by atoms with E-state index in [1.165, 1.54) is 29.2 Å². The number of aromatic nitrogens is 2. The van der Waals surface area contributed by atoms with Gasteiger partial charge in [-0.15, -0.1) is 0 Å². The van der Waals surface area contributed by atoms with Gasteiger partial charge in [0, 0.05) is 31.1 Å². The summed E-state index contributed by atoms with van der Waals surface area (Å²) in [4.78, 5) is 64.4. The third-order valence-corrected chi connectivity index (χ3v) is 6.34. The average Bonchev–Trinajstić information content (AvgIpc) is 2.93. The molecular formula is C26H27F2N7O8. The van der Waals surface area contributed by atoms with Crippen LogP contribution >= 0.6 is 0 Å². The van der Waals surface area contributed by atoms with Crippen molar-refractivity contribution in [3.8, 4) is 0 Å². The van der Waals surface area contributed by atoms with Crippen molar-refractivity contribution in [1.82, 2.24) is 15.3 Å². The third kappa shape index (κ3) is 8.21. The number of aliphatic carboxylic acids is 2. The van der Waals surface area contributed by atoms with Crippen LogP contribution in [-0.2, 0) is 22.6 Å². The standard InChI is InChI=1S/C26H27F2N7O8/c27-20-17(8-9-18(21(20)28)35(42)43)34(11-1-2-15-22(29)32-26(30)33-24(15)39)12-13-3-5-14(6-4-13)23(38)31-16(25(40)41)7-10-19(36)37/h3-6,8-9,16H,1-2,7,10-12H2,(H,31,38)(H,36,37)(H,40,41)(H5,29,30,32,33,39)/t16-/m0/s1. The van der Waals surface area contributed by atoms with Crippen molar-refractivity contribution in [1.29, 1.82) is 0 Å². The Morgan fingerprint density at radius 1 is 1.09 bits per heavy atom. The number of hydrogen-bond acceptors (Lipinski definition) is 10. The van der Waals surface area contributed by atoms with Crippen LogP contribution in [0, 0.1) is 21.7 Å². The molecule has 1 aromatic heterocycles. The van der Waals surface area contributed by atoms with Crippen molar-refractivity contribution in [2.45, 2.75) is 38.3 Å². The van der Waals surface area contributed by atoms with Crippen LogP contribution in [0.2, 0.25) is 0 Å². The highest BCUT2D eigenvalue weighted by atomic mass is 19.2. The van der Waals surface area contributed by atoms with Gasteiger partial charge in [0.2, 0.25) is 11.8 Å². The summed E-state index contributed by atoms with van der Waals surface area (Å²) in [5, 5.41) is 31.4. The summed E-state index contributed by atoms with van der Waals surface area (Å²) >= 11 is 0. The van der Waals surface area contributed by atoms with Crippen molar-refractivity contribution >= 4 is 41.0 Å². The summed E-state index contributed by atoms with van der Waals surface area (Å²) in [5.74, 6) is -6.78. The summed E-state index contributed by atoms with van der Waals surface area (Å²) in [7, 11) is 0. The summed E-state index contributed by atoms with van der Waals surface area (Å²) in [6, 6.07) is 6.09. The van der Waals surface area contributed by atoms with E-state index in [0.717, 1.165) is 12.1 Å². The number of amides is 1. The number of nitrogen functional groups attached to an aromatic ring is 2. The maximum absolute atomic E-state index is 15.0. The number of carboxylic acid groups (broad SMARTS) is 2. The summed E-state index contributed by atoms with van der Waals surface area (Å²) in [6.07, 6.45) is -0.537. The zero-order valence-corrected chi connectivity index (χ0v) is 22.4. The lowest BCUT2D eigenvalue weighted by Gasteiger charge is -2.26. The Balaban J connectivity index is 1.82. The zero-order valence-electron chi connectivity index (χ0n) is 22.4. The Morgan fingerprint density at radius 3 is 2.35 bits per heavy atom. The van der Waals surface area contributed by atoms with E-state index in [1.807, 2.05) is 0 Å². The Labute approximate surface area is 241 Å². The Hall–Kier alpha value is -5.61. The molecule has 0 bridgehead atoms. The van der Waals surface area contributed by atoms with Gasteiger partial charge < -0.3 is 31.9 Å². The highest BCUT2D eigenvalue weighted by molar-refractivity contribution is 5.96. The number of H-pyrrole nitrogens is 1. The van der Waals surface area contributed by atoms with Crippen molar-refractivity contribution < 1.29 is 38.3 Å². The molecule has 228 valence electrons. The molecule has 43 heavy (non-hydrogen) atoms. The molecule has 0 saturated carbocycles. The molecule has 15 nitrogen and oxygen atoms in total. The van der Waals surface area contributed by atoms with Gasteiger partial charge in [-0.2, -0.15) is 9.37 Å². The van der Waals surface area contributed by atoms with Crippen LogP contribution in [0.25, 0.3) is 0 Å². The second kappa shape index (κ2) is 13.8. The van der Waals surface area contributed by atoms with Crippen molar-refractivity contribution in [3.63, 3.8) is 0 Å². The van der Waals surface area contributed by atoms with E-state index in [9.17, 15) is 38.8 Å². The van der Waals surface area contributed by atoms with Crippen LogP contribution in [0.5, 0.6) is 0 Å². The van der Waals surface area contributed by atoms with E-state index >= 15 is 4.39 Å². The minimum absolute atomic E-state index is 0.0174. The molecule has 0 unspecified atom stereocenters. The van der Waals surface area contributed by atoms with Gasteiger partial charge in [-0.1, -0.05) is 12.1 Å². The van der Waals surface area contributed by atoms with Crippen molar-refractivity contribution in [3.05, 3.63) is 85.2 Å². The predicted octanol–water partition coefficient (Wildman–Crippen LogP) is 1.81. The van der Waals surface area contributed by atoms with Crippen LogP contribution in [0.4, 0.5) is 31.9 Å². The van der Waals surface area contributed by atoms with Gasteiger partial charge in [0.05, 0.1) is 16.2 Å². The SMILES string of the molecule is Nc1nc(N)c(CCCN(Cc2ccc(C(=O)N[C@@H](CCC(=O)O)C(=O)O)cc2)c2ccc([N+](=O)[O-])c(F)c2F)c(=O)[nH]1. The molecule has 1 atom stereocenters. The lowest BCUT2D eigenvalue weighted by atomic mass is 10.1. The number of nitrogens with two attached hydrogens (primary N) is 2. The number of nitrogens with one attached hydrogen (secondary N) is 2. The molecule has 1 amide bonds. The van der Waals surface area contributed by atoms with Gasteiger partial charge in [-0.3, -0.25) is 29.5 Å². The fourth-order valence-corrected chi connectivity index (χ4v) is 4.17. The predicted molar refractivity (Wildman–Crippen MR) is 148 cm³/mol. The average molecular weight is 604 g/mol. The normalized spacial score (nSPS) is 11.5. The first-order chi connectivity index (χ1) is 20.3. The van der Waals surface area contributed by atoms with Gasteiger partial charge in [-0.25, -0.2) is 9.18 Å². The van der Waals surface area contributed by atoms with E-state index in [4.69, 9.17) is 16.6 Å². The summed E-state index contributed by atoms with van der Waals surface area (Å²) < 4.78 is 29.5. The maximum Gasteiger partial charge on any atom is 0.326 e. The first-order valence-electron chi connectivity index (χ1n) is 12.6. The van der Waals surface area contributed by atoms with Gasteiger partial charge in [0.25, 0.3) is 11.5 Å². The number of benzene rings is 2. The second-order valence-corrected chi connectivity index (χ2v) is 9.32. The van der Waals surface area contributed by atoms with Crippen LogP contribution < -0.4 is 27.2 Å². The first-order valence-corrected chi connectivity index (χ1v) is 12.6. The number of nitro groups is 1. The molecular weight excluding hydrogens is 576 g/mol. The zero-order chi connectivity index (χ0) is 31.8. The van der Waals surface area contributed by atoms with Crippen LogP contribution in [0.15, 0.2) is 41.2 Å². The number of carbonyl (C=O) groups is 3. The molecule has 3 rings (SSSR count). The molecule has 0 saturated heterocycles. The number of aromatic amines is 1. The highest BCUT2D eigenvalue weighted by Crippen LogP contribution is 2.30. The molecule has 3 aromatic rings. The van der Waals surface area contributed by atoms with Gasteiger partial charge in [0.1, 0.15) is 11.9 Å². The number of halogens is 2. The molecule has 0 radical (unpaired) electrons. The van der Waals surface area contributed by atoms with Gasteiger partial charge >= 0.3 is 17.6 Å². The number of nitrogens with zero attached hydrogens (tertiary/aromatic N) is 3. The van der Waals surface area contributed by atoms with Crippen molar-refractivity contribution in [2.24, 2.45) is 0 Å². The van der Waals surface area contributed by atoms with E-state index in [1.54, 1.807) is 0 Å². The van der Waals surface area contributed by atoms with Gasteiger partial charge in [0.15, 0.2) is 5.82 Å². The molecule has 17 heteroatoms. The van der Waals surface area contributed by atoms with Crippen LogP contribution in [-0.4, -0.2) is 55.5 Å². The lowest BCUT2D eigenvalue weighted by molar-refractivity contribution is -0.387. The molecule has 0 aliphatic rings. The molecule has 0 aliphatic carbocycles. The minimum atomic E-state index is -1.65. The number of carboxylic acids is 2. The van der Waals surface area contributed by atoms with Crippen molar-refractivity contribution in [2.75, 3.05) is 22.9 Å². The summed E-state index contributed by atoms with van der Waals surface area (Å²) in [5.41, 5.74) is 10.0. The molecule has 2 aromatic carbocycles. The van der Waals surface area contributed by atoms with E-state index in [0.29, 0.717) is 5.56 Å². The fraction of sp³-hybridized carbons (Fsp3) is 0.269.